The van der Waals surface area contributed by atoms with Gasteiger partial charge < -0.3 is 9.47 Å². The number of sulfone groups is 1. The fourth-order valence-corrected chi connectivity index (χ4v) is 2.97. The molecule has 0 aliphatic heterocycles. The maximum atomic E-state index is 12.0. The summed E-state index contributed by atoms with van der Waals surface area (Å²) in [7, 11) is -1.64. The molecule has 5 nitrogen and oxygen atoms in total. The maximum absolute atomic E-state index is 12.0. The van der Waals surface area contributed by atoms with Crippen LogP contribution >= 0.6 is 0 Å². The van der Waals surface area contributed by atoms with E-state index < -0.39 is 15.8 Å². The molecule has 1 fully saturated rings. The first kappa shape index (κ1) is 15.0. The molecule has 1 aliphatic carbocycles. The molecule has 110 valence electrons. The topological polar surface area (TPSA) is 69.7 Å². The summed E-state index contributed by atoms with van der Waals surface area (Å²) in [4.78, 5) is 12.2. The zero-order chi connectivity index (χ0) is 14.8. The summed E-state index contributed by atoms with van der Waals surface area (Å²) in [5.41, 5.74) is 0.346. The van der Waals surface area contributed by atoms with Crippen LogP contribution in [0.5, 0.6) is 0 Å². The van der Waals surface area contributed by atoms with Gasteiger partial charge in [-0.1, -0.05) is 0 Å². The molecule has 0 bridgehead atoms. The van der Waals surface area contributed by atoms with Crippen LogP contribution in [0.4, 0.5) is 0 Å². The number of methoxy groups -OCH3 is 1. The lowest BCUT2D eigenvalue weighted by atomic mass is 10.2. The van der Waals surface area contributed by atoms with Gasteiger partial charge in [0.15, 0.2) is 9.84 Å². The van der Waals surface area contributed by atoms with E-state index in [4.69, 9.17) is 9.47 Å². The molecule has 2 rings (SSSR count). The molecule has 20 heavy (non-hydrogen) atoms. The SMILES string of the molecule is COC1CCCC1OC(=O)c1ccc(S(C)(=O)=O)cc1. The lowest BCUT2D eigenvalue weighted by molar-refractivity contribution is -0.0206. The van der Waals surface area contributed by atoms with Crippen molar-refractivity contribution < 1.29 is 22.7 Å². The predicted octanol–water partition coefficient (Wildman–Crippen LogP) is 1.81. The molecule has 1 saturated carbocycles. The molecular formula is C14H18O5S. The molecule has 0 aromatic heterocycles. The third-order valence-electron chi connectivity index (χ3n) is 3.47. The number of carbonyl (C=O) groups excluding carboxylic acids is 1. The fraction of sp³-hybridized carbons (Fsp3) is 0.500. The van der Waals surface area contributed by atoms with Crippen LogP contribution in [-0.2, 0) is 19.3 Å². The van der Waals surface area contributed by atoms with E-state index in [1.165, 1.54) is 24.3 Å². The summed E-state index contributed by atoms with van der Waals surface area (Å²) < 4.78 is 33.4. The highest BCUT2D eigenvalue weighted by Crippen LogP contribution is 2.25. The number of rotatable bonds is 4. The molecule has 2 unspecified atom stereocenters. The maximum Gasteiger partial charge on any atom is 0.338 e. The van der Waals surface area contributed by atoms with Gasteiger partial charge in [0.05, 0.1) is 16.6 Å². The molecule has 0 radical (unpaired) electrons. The van der Waals surface area contributed by atoms with Crippen molar-refractivity contribution in [1.29, 1.82) is 0 Å². The molecule has 6 heteroatoms. The van der Waals surface area contributed by atoms with Crippen LogP contribution in [0.25, 0.3) is 0 Å². The van der Waals surface area contributed by atoms with Gasteiger partial charge in [-0.15, -0.1) is 0 Å². The van der Waals surface area contributed by atoms with E-state index in [2.05, 4.69) is 0 Å². The average molecular weight is 298 g/mol. The molecular weight excluding hydrogens is 280 g/mol. The molecule has 2 atom stereocenters. The third kappa shape index (κ3) is 3.37. The van der Waals surface area contributed by atoms with Gasteiger partial charge in [0.25, 0.3) is 0 Å². The minimum Gasteiger partial charge on any atom is -0.456 e. The Balaban J connectivity index is 2.06. The van der Waals surface area contributed by atoms with Gasteiger partial charge >= 0.3 is 5.97 Å². The summed E-state index contributed by atoms with van der Waals surface area (Å²) in [6, 6.07) is 5.76. The van der Waals surface area contributed by atoms with Crippen molar-refractivity contribution in [3.8, 4) is 0 Å². The smallest absolute Gasteiger partial charge is 0.338 e. The summed E-state index contributed by atoms with van der Waals surface area (Å²) >= 11 is 0. The van der Waals surface area contributed by atoms with E-state index >= 15 is 0 Å². The van der Waals surface area contributed by atoms with Crippen molar-refractivity contribution in [3.63, 3.8) is 0 Å². The van der Waals surface area contributed by atoms with Crippen molar-refractivity contribution in [2.24, 2.45) is 0 Å². The van der Waals surface area contributed by atoms with Crippen molar-refractivity contribution >= 4 is 15.8 Å². The Labute approximate surface area is 118 Å². The predicted molar refractivity (Wildman–Crippen MR) is 73.4 cm³/mol. The Morgan fingerprint density at radius 1 is 1.15 bits per heavy atom. The Kier molecular flexibility index (Phi) is 4.45. The first-order chi connectivity index (χ1) is 9.41. The Hall–Kier alpha value is -1.40. The van der Waals surface area contributed by atoms with Crippen LogP contribution in [0.3, 0.4) is 0 Å². The van der Waals surface area contributed by atoms with E-state index in [0.29, 0.717) is 5.56 Å². The summed E-state index contributed by atoms with van der Waals surface area (Å²) in [6.45, 7) is 0. The van der Waals surface area contributed by atoms with Crippen molar-refractivity contribution in [2.45, 2.75) is 36.4 Å². The van der Waals surface area contributed by atoms with Crippen LogP contribution in [0.15, 0.2) is 29.2 Å². The fourth-order valence-electron chi connectivity index (χ4n) is 2.34. The van der Waals surface area contributed by atoms with Gasteiger partial charge in [-0.3, -0.25) is 0 Å². The molecule has 1 aliphatic rings. The van der Waals surface area contributed by atoms with Crippen molar-refractivity contribution in [3.05, 3.63) is 29.8 Å². The van der Waals surface area contributed by atoms with Crippen molar-refractivity contribution in [1.82, 2.24) is 0 Å². The van der Waals surface area contributed by atoms with Crippen LogP contribution in [0, 0.1) is 0 Å². The van der Waals surface area contributed by atoms with Gasteiger partial charge in [0, 0.05) is 13.4 Å². The van der Waals surface area contributed by atoms with Crippen LogP contribution in [-0.4, -0.2) is 40.0 Å². The highest BCUT2D eigenvalue weighted by molar-refractivity contribution is 7.90. The molecule has 0 N–H and O–H groups in total. The molecule has 0 amide bonds. The van der Waals surface area contributed by atoms with Crippen LogP contribution in [0.2, 0.25) is 0 Å². The van der Waals surface area contributed by atoms with Gasteiger partial charge in [-0.25, -0.2) is 13.2 Å². The van der Waals surface area contributed by atoms with Crippen LogP contribution < -0.4 is 0 Å². The second-order valence-corrected chi connectivity index (χ2v) is 6.96. The molecule has 0 spiro atoms. The lowest BCUT2D eigenvalue weighted by Crippen LogP contribution is -2.27. The number of esters is 1. The van der Waals surface area contributed by atoms with E-state index in [1.807, 2.05) is 0 Å². The number of hydrogen-bond acceptors (Lipinski definition) is 5. The minimum absolute atomic E-state index is 0.0470. The van der Waals surface area contributed by atoms with Gasteiger partial charge in [0.1, 0.15) is 6.10 Å². The quantitative estimate of drug-likeness (QED) is 0.793. The number of benzene rings is 1. The highest BCUT2D eigenvalue weighted by atomic mass is 32.2. The largest absolute Gasteiger partial charge is 0.456 e. The summed E-state index contributed by atoms with van der Waals surface area (Å²) in [5, 5.41) is 0. The minimum atomic E-state index is -3.25. The highest BCUT2D eigenvalue weighted by Gasteiger charge is 2.30. The Bertz CT molecular complexity index is 576. The zero-order valence-electron chi connectivity index (χ0n) is 11.5. The lowest BCUT2D eigenvalue weighted by Gasteiger charge is -2.18. The first-order valence-electron chi connectivity index (χ1n) is 6.45. The zero-order valence-corrected chi connectivity index (χ0v) is 12.4. The van der Waals surface area contributed by atoms with Crippen LogP contribution in [0.1, 0.15) is 29.6 Å². The van der Waals surface area contributed by atoms with E-state index in [-0.39, 0.29) is 17.1 Å². The van der Waals surface area contributed by atoms with Gasteiger partial charge in [-0.05, 0) is 43.5 Å². The van der Waals surface area contributed by atoms with Crippen molar-refractivity contribution in [2.75, 3.05) is 13.4 Å². The number of hydrogen-bond donors (Lipinski definition) is 0. The second-order valence-electron chi connectivity index (χ2n) is 4.95. The summed E-state index contributed by atoms with van der Waals surface area (Å²) in [5.74, 6) is -0.445. The van der Waals surface area contributed by atoms with E-state index in [0.717, 1.165) is 25.5 Å². The van der Waals surface area contributed by atoms with E-state index in [9.17, 15) is 13.2 Å². The van der Waals surface area contributed by atoms with Gasteiger partial charge in [-0.2, -0.15) is 0 Å². The van der Waals surface area contributed by atoms with Gasteiger partial charge in [0.2, 0.25) is 0 Å². The number of carbonyl (C=O) groups is 1. The molecule has 0 saturated heterocycles. The Morgan fingerprint density at radius 3 is 2.30 bits per heavy atom. The first-order valence-corrected chi connectivity index (χ1v) is 8.35. The Morgan fingerprint density at radius 2 is 1.75 bits per heavy atom. The second kappa shape index (κ2) is 5.93. The monoisotopic (exact) mass is 298 g/mol. The third-order valence-corrected chi connectivity index (χ3v) is 4.60. The standard InChI is InChI=1S/C14H18O5S/c1-18-12-4-3-5-13(12)19-14(15)10-6-8-11(9-7-10)20(2,16)17/h6-9,12-13H,3-5H2,1-2H3. The summed E-state index contributed by atoms with van der Waals surface area (Å²) in [6.07, 6.45) is 3.52. The number of ether oxygens (including phenoxy) is 2. The molecule has 1 aromatic carbocycles. The normalized spacial score (nSPS) is 22.7. The van der Waals surface area contributed by atoms with E-state index in [1.54, 1.807) is 7.11 Å². The molecule has 1 aromatic rings. The average Bonchev–Trinajstić information content (AvgIpc) is 2.85. The molecule has 0 heterocycles.